The first-order valence-corrected chi connectivity index (χ1v) is 7.13. The number of rotatable bonds is 5. The van der Waals surface area contributed by atoms with Crippen molar-refractivity contribution in [1.82, 2.24) is 15.2 Å². The van der Waals surface area contributed by atoms with Crippen LogP contribution in [0.5, 0.6) is 5.88 Å². The molecule has 19 heavy (non-hydrogen) atoms. The van der Waals surface area contributed by atoms with Crippen LogP contribution in [0.25, 0.3) is 0 Å². The highest BCUT2D eigenvalue weighted by molar-refractivity contribution is 7.92. The van der Waals surface area contributed by atoms with Gasteiger partial charge in [-0.15, -0.1) is 0 Å². The van der Waals surface area contributed by atoms with E-state index >= 15 is 0 Å². The number of nitrogens with one attached hydrogen (secondary N) is 2. The summed E-state index contributed by atoms with van der Waals surface area (Å²) in [4.78, 5) is 4.08. The molecule has 0 amide bonds. The van der Waals surface area contributed by atoms with Crippen molar-refractivity contribution in [1.29, 1.82) is 0 Å². The first-order valence-electron chi connectivity index (χ1n) is 5.65. The van der Waals surface area contributed by atoms with Crippen molar-refractivity contribution in [3.8, 4) is 5.88 Å². The minimum atomic E-state index is -3.71. The predicted molar refractivity (Wildman–Crippen MR) is 69.5 cm³/mol. The standard InChI is InChI=1S/C11H14N4O3S/c1-3-18-11-9(5-4-6-12-11)15-19(16,17)10-7-13-14-8(10)2/h4-7,15H,3H2,1-2H3,(H,13,14). The van der Waals surface area contributed by atoms with Gasteiger partial charge in [0.05, 0.1) is 18.5 Å². The molecule has 0 spiro atoms. The monoisotopic (exact) mass is 282 g/mol. The Kier molecular flexibility index (Phi) is 3.70. The van der Waals surface area contributed by atoms with Crippen molar-refractivity contribution in [2.75, 3.05) is 11.3 Å². The lowest BCUT2D eigenvalue weighted by molar-refractivity contribution is 0.329. The summed E-state index contributed by atoms with van der Waals surface area (Å²) in [6.07, 6.45) is 2.79. The summed E-state index contributed by atoms with van der Waals surface area (Å²) in [5, 5.41) is 6.28. The van der Waals surface area contributed by atoms with Crippen LogP contribution < -0.4 is 9.46 Å². The third-order valence-electron chi connectivity index (χ3n) is 2.37. The van der Waals surface area contributed by atoms with E-state index in [2.05, 4.69) is 19.9 Å². The summed E-state index contributed by atoms with van der Waals surface area (Å²) in [6, 6.07) is 3.22. The summed E-state index contributed by atoms with van der Waals surface area (Å²) in [6.45, 7) is 3.83. The molecule has 2 rings (SSSR count). The minimum absolute atomic E-state index is 0.0961. The molecular formula is C11H14N4O3S. The molecule has 2 N–H and O–H groups in total. The second kappa shape index (κ2) is 5.27. The number of pyridine rings is 1. The lowest BCUT2D eigenvalue weighted by Gasteiger charge is -2.10. The highest BCUT2D eigenvalue weighted by atomic mass is 32.2. The number of aromatic nitrogens is 3. The fourth-order valence-electron chi connectivity index (χ4n) is 1.53. The van der Waals surface area contributed by atoms with Crippen molar-refractivity contribution in [2.45, 2.75) is 18.7 Å². The maximum absolute atomic E-state index is 12.2. The molecule has 7 nitrogen and oxygen atoms in total. The lowest BCUT2D eigenvalue weighted by Crippen LogP contribution is -2.14. The molecule has 0 bridgehead atoms. The predicted octanol–water partition coefficient (Wildman–Crippen LogP) is 1.31. The number of H-pyrrole nitrogens is 1. The van der Waals surface area contributed by atoms with Crippen LogP contribution in [0, 0.1) is 6.92 Å². The topological polar surface area (TPSA) is 97.0 Å². The van der Waals surface area contributed by atoms with E-state index in [-0.39, 0.29) is 10.8 Å². The average molecular weight is 282 g/mol. The Bertz CT molecular complexity index is 666. The maximum Gasteiger partial charge on any atom is 0.265 e. The minimum Gasteiger partial charge on any atom is -0.476 e. The van der Waals surface area contributed by atoms with Crippen molar-refractivity contribution in [2.24, 2.45) is 0 Å². The van der Waals surface area contributed by atoms with E-state index < -0.39 is 10.0 Å². The molecular weight excluding hydrogens is 268 g/mol. The van der Waals surface area contributed by atoms with Crippen molar-refractivity contribution < 1.29 is 13.2 Å². The van der Waals surface area contributed by atoms with Gasteiger partial charge in [-0.25, -0.2) is 13.4 Å². The third kappa shape index (κ3) is 2.84. The quantitative estimate of drug-likeness (QED) is 0.861. The Balaban J connectivity index is 2.34. The van der Waals surface area contributed by atoms with Gasteiger partial charge >= 0.3 is 0 Å². The Morgan fingerprint density at radius 1 is 1.47 bits per heavy atom. The van der Waals surface area contributed by atoms with Gasteiger partial charge < -0.3 is 4.74 Å². The van der Waals surface area contributed by atoms with Gasteiger partial charge in [0, 0.05) is 6.20 Å². The Morgan fingerprint density at radius 3 is 2.89 bits per heavy atom. The lowest BCUT2D eigenvalue weighted by atomic mass is 10.4. The van der Waals surface area contributed by atoms with Crippen molar-refractivity contribution in [3.05, 3.63) is 30.2 Å². The Labute approximate surface area is 111 Å². The van der Waals surface area contributed by atoms with E-state index in [0.29, 0.717) is 18.0 Å². The van der Waals surface area contributed by atoms with Crippen LogP contribution in [0.4, 0.5) is 5.69 Å². The summed E-state index contributed by atoms with van der Waals surface area (Å²) in [5.41, 5.74) is 0.763. The zero-order valence-corrected chi connectivity index (χ0v) is 11.4. The summed E-state index contributed by atoms with van der Waals surface area (Å²) >= 11 is 0. The zero-order valence-electron chi connectivity index (χ0n) is 10.5. The Morgan fingerprint density at radius 2 is 2.26 bits per heavy atom. The van der Waals surface area contributed by atoms with Gasteiger partial charge in [-0.05, 0) is 26.0 Å². The molecule has 2 aromatic heterocycles. The van der Waals surface area contributed by atoms with Crippen LogP contribution in [-0.2, 0) is 10.0 Å². The van der Waals surface area contributed by atoms with Crippen LogP contribution >= 0.6 is 0 Å². The van der Waals surface area contributed by atoms with Crippen LogP contribution in [0.3, 0.4) is 0 Å². The number of ether oxygens (including phenoxy) is 1. The van der Waals surface area contributed by atoms with Crippen LogP contribution in [0.1, 0.15) is 12.6 Å². The highest BCUT2D eigenvalue weighted by Crippen LogP contribution is 2.24. The van der Waals surface area contributed by atoms with E-state index in [0.717, 1.165) is 0 Å². The number of sulfonamides is 1. The summed E-state index contributed by atoms with van der Waals surface area (Å²) in [5.74, 6) is 0.245. The summed E-state index contributed by atoms with van der Waals surface area (Å²) in [7, 11) is -3.71. The zero-order chi connectivity index (χ0) is 13.9. The number of aromatic amines is 1. The smallest absolute Gasteiger partial charge is 0.265 e. The molecule has 2 aromatic rings. The SMILES string of the molecule is CCOc1ncccc1NS(=O)(=O)c1cn[nH]c1C. The van der Waals surface area contributed by atoms with Gasteiger partial charge in [-0.2, -0.15) is 5.10 Å². The van der Waals surface area contributed by atoms with Gasteiger partial charge in [0.1, 0.15) is 10.6 Å². The van der Waals surface area contributed by atoms with E-state index in [1.165, 1.54) is 12.4 Å². The maximum atomic E-state index is 12.2. The molecule has 0 atom stereocenters. The largest absolute Gasteiger partial charge is 0.476 e. The number of hydrogen-bond donors (Lipinski definition) is 2. The van der Waals surface area contributed by atoms with E-state index in [1.54, 1.807) is 26.0 Å². The first-order chi connectivity index (χ1) is 9.04. The molecule has 0 aliphatic rings. The molecule has 8 heteroatoms. The molecule has 0 radical (unpaired) electrons. The second-order valence-electron chi connectivity index (χ2n) is 3.75. The molecule has 0 saturated carbocycles. The Hall–Kier alpha value is -2.09. The fourth-order valence-corrected chi connectivity index (χ4v) is 2.73. The van der Waals surface area contributed by atoms with Crippen LogP contribution in [0.15, 0.2) is 29.4 Å². The first kappa shape index (κ1) is 13.3. The van der Waals surface area contributed by atoms with E-state index in [4.69, 9.17) is 4.74 Å². The molecule has 0 aliphatic carbocycles. The van der Waals surface area contributed by atoms with Gasteiger partial charge in [0.25, 0.3) is 10.0 Å². The number of aryl methyl sites for hydroxylation is 1. The molecule has 102 valence electrons. The van der Waals surface area contributed by atoms with Crippen molar-refractivity contribution >= 4 is 15.7 Å². The van der Waals surface area contributed by atoms with Crippen molar-refractivity contribution in [3.63, 3.8) is 0 Å². The average Bonchev–Trinajstić information content (AvgIpc) is 2.79. The van der Waals surface area contributed by atoms with E-state index in [1.807, 2.05) is 0 Å². The molecule has 0 saturated heterocycles. The van der Waals surface area contributed by atoms with Gasteiger partial charge in [0.15, 0.2) is 0 Å². The molecule has 2 heterocycles. The number of nitrogens with zero attached hydrogens (tertiary/aromatic N) is 2. The second-order valence-corrected chi connectivity index (χ2v) is 5.40. The third-order valence-corrected chi connectivity index (χ3v) is 3.85. The fraction of sp³-hybridized carbons (Fsp3) is 0.273. The van der Waals surface area contributed by atoms with Crippen LogP contribution in [-0.4, -0.2) is 30.2 Å². The van der Waals surface area contributed by atoms with E-state index in [9.17, 15) is 8.42 Å². The van der Waals surface area contributed by atoms with Gasteiger partial charge in [-0.1, -0.05) is 0 Å². The molecule has 0 aliphatic heterocycles. The van der Waals surface area contributed by atoms with Gasteiger partial charge in [0.2, 0.25) is 5.88 Å². The van der Waals surface area contributed by atoms with Gasteiger partial charge in [-0.3, -0.25) is 9.82 Å². The summed E-state index contributed by atoms with van der Waals surface area (Å²) < 4.78 is 32.1. The molecule has 0 aromatic carbocycles. The molecule has 0 fully saturated rings. The normalized spacial score (nSPS) is 11.3. The number of hydrogen-bond acceptors (Lipinski definition) is 5. The number of anilines is 1. The molecule has 0 unspecified atom stereocenters. The highest BCUT2D eigenvalue weighted by Gasteiger charge is 2.20. The van der Waals surface area contributed by atoms with Crippen LogP contribution in [0.2, 0.25) is 0 Å².